The Hall–Kier alpha value is -1.56. The number of halogens is 1. The lowest BCUT2D eigenvalue weighted by atomic mass is 10.1. The van der Waals surface area contributed by atoms with Crippen molar-refractivity contribution < 1.29 is 9.53 Å². The Kier molecular flexibility index (Phi) is 7.29. The molecule has 0 bridgehead atoms. The van der Waals surface area contributed by atoms with Crippen molar-refractivity contribution in [1.82, 2.24) is 9.80 Å². The van der Waals surface area contributed by atoms with Crippen molar-refractivity contribution in [3.8, 4) is 5.75 Å². The monoisotopic (exact) mass is 380 g/mol. The van der Waals surface area contributed by atoms with Gasteiger partial charge in [-0.15, -0.1) is 11.3 Å². The third-order valence-corrected chi connectivity index (χ3v) is 5.49. The largest absolute Gasteiger partial charge is 0.497 e. The molecular formula is C19H25ClN2O2S. The van der Waals surface area contributed by atoms with Gasteiger partial charge in [0.15, 0.2) is 0 Å². The summed E-state index contributed by atoms with van der Waals surface area (Å²) in [6.07, 6.45) is 0.887. The number of thiophene rings is 1. The molecule has 0 spiro atoms. The van der Waals surface area contributed by atoms with E-state index in [4.69, 9.17) is 16.3 Å². The number of amides is 1. The summed E-state index contributed by atoms with van der Waals surface area (Å²) >= 11 is 7.46. The first kappa shape index (κ1) is 19.8. The van der Waals surface area contributed by atoms with E-state index in [2.05, 4.69) is 24.0 Å². The zero-order valence-corrected chi connectivity index (χ0v) is 16.7. The average molecular weight is 381 g/mol. The van der Waals surface area contributed by atoms with Crippen molar-refractivity contribution in [3.63, 3.8) is 0 Å². The van der Waals surface area contributed by atoms with E-state index in [1.807, 2.05) is 38.4 Å². The van der Waals surface area contributed by atoms with Crippen molar-refractivity contribution in [1.29, 1.82) is 0 Å². The number of likely N-dealkylation sites (N-methyl/N-ethyl adjacent to an activating group) is 2. The Labute approximate surface area is 159 Å². The molecule has 0 radical (unpaired) electrons. The van der Waals surface area contributed by atoms with Crippen molar-refractivity contribution in [2.24, 2.45) is 0 Å². The lowest BCUT2D eigenvalue weighted by Crippen LogP contribution is -2.40. The lowest BCUT2D eigenvalue weighted by Gasteiger charge is -2.26. The summed E-state index contributed by atoms with van der Waals surface area (Å²) in [6.45, 7) is 3.13. The Morgan fingerprint density at radius 3 is 2.44 bits per heavy atom. The minimum atomic E-state index is 0.105. The Balaban J connectivity index is 1.84. The van der Waals surface area contributed by atoms with Crippen LogP contribution in [0, 0.1) is 0 Å². The zero-order valence-electron chi connectivity index (χ0n) is 15.2. The molecule has 0 fully saturated rings. The van der Waals surface area contributed by atoms with Gasteiger partial charge in [0.05, 0.1) is 24.5 Å². The first-order valence-electron chi connectivity index (χ1n) is 8.20. The van der Waals surface area contributed by atoms with Crippen LogP contribution in [-0.2, 0) is 17.8 Å². The molecule has 136 valence electrons. The minimum Gasteiger partial charge on any atom is -0.497 e. The average Bonchev–Trinajstić information content (AvgIpc) is 3.00. The minimum absolute atomic E-state index is 0.105. The number of methoxy groups -OCH3 is 1. The summed E-state index contributed by atoms with van der Waals surface area (Å²) in [7, 11) is 5.48. The predicted octanol–water partition coefficient (Wildman–Crippen LogP) is 3.93. The van der Waals surface area contributed by atoms with Gasteiger partial charge in [0, 0.05) is 18.0 Å². The molecule has 2 aromatic rings. The number of nitrogens with zero attached hydrogens (tertiary/aromatic N) is 2. The lowest BCUT2D eigenvalue weighted by molar-refractivity contribution is -0.131. The molecule has 1 aromatic carbocycles. The van der Waals surface area contributed by atoms with Crippen LogP contribution >= 0.6 is 22.9 Å². The third-order valence-electron chi connectivity index (χ3n) is 4.27. The van der Waals surface area contributed by atoms with E-state index in [-0.39, 0.29) is 11.9 Å². The predicted molar refractivity (Wildman–Crippen MR) is 105 cm³/mol. The van der Waals surface area contributed by atoms with Crippen LogP contribution in [0.4, 0.5) is 0 Å². The number of hydrogen-bond donors (Lipinski definition) is 0. The van der Waals surface area contributed by atoms with Crippen molar-refractivity contribution in [2.45, 2.75) is 25.9 Å². The molecule has 25 heavy (non-hydrogen) atoms. The second kappa shape index (κ2) is 9.22. The molecule has 0 aliphatic rings. The van der Waals surface area contributed by atoms with Gasteiger partial charge in [-0.05, 0) is 50.2 Å². The van der Waals surface area contributed by atoms with E-state index in [1.54, 1.807) is 12.0 Å². The number of rotatable bonds is 8. The molecule has 0 aliphatic heterocycles. The second-order valence-electron chi connectivity index (χ2n) is 6.27. The van der Waals surface area contributed by atoms with Crippen molar-refractivity contribution >= 4 is 28.8 Å². The van der Waals surface area contributed by atoms with Gasteiger partial charge in [0.2, 0.25) is 5.91 Å². The highest BCUT2D eigenvalue weighted by molar-refractivity contribution is 7.16. The van der Waals surface area contributed by atoms with Crippen LogP contribution in [0.3, 0.4) is 0 Å². The van der Waals surface area contributed by atoms with Gasteiger partial charge in [-0.3, -0.25) is 9.69 Å². The SMILES string of the molecule is COc1ccc(CC(C)N(C)CC(=O)N(C)Cc2ccc(Cl)s2)cc1. The van der Waals surface area contributed by atoms with Crippen LogP contribution < -0.4 is 4.74 Å². The van der Waals surface area contributed by atoms with E-state index in [0.717, 1.165) is 21.4 Å². The normalized spacial score (nSPS) is 12.2. The van der Waals surface area contributed by atoms with E-state index in [1.165, 1.54) is 16.9 Å². The van der Waals surface area contributed by atoms with Crippen molar-refractivity contribution in [3.05, 3.63) is 51.2 Å². The first-order valence-corrected chi connectivity index (χ1v) is 9.40. The maximum absolute atomic E-state index is 12.4. The molecule has 1 atom stereocenters. The maximum Gasteiger partial charge on any atom is 0.236 e. The van der Waals surface area contributed by atoms with Gasteiger partial charge in [-0.2, -0.15) is 0 Å². The summed E-state index contributed by atoms with van der Waals surface area (Å²) in [5.74, 6) is 0.962. The molecular weight excluding hydrogens is 356 g/mol. The molecule has 1 aromatic heterocycles. The summed E-state index contributed by atoms with van der Waals surface area (Å²) < 4.78 is 5.93. The number of carbonyl (C=O) groups excluding carboxylic acids is 1. The molecule has 2 rings (SSSR count). The second-order valence-corrected chi connectivity index (χ2v) is 8.07. The van der Waals surface area contributed by atoms with Crippen LogP contribution in [0.15, 0.2) is 36.4 Å². The maximum atomic E-state index is 12.4. The van der Waals surface area contributed by atoms with Gasteiger partial charge in [0.1, 0.15) is 5.75 Å². The fraction of sp³-hybridized carbons (Fsp3) is 0.421. The number of ether oxygens (including phenoxy) is 1. The highest BCUT2D eigenvalue weighted by Crippen LogP contribution is 2.22. The topological polar surface area (TPSA) is 32.8 Å². The van der Waals surface area contributed by atoms with Crippen LogP contribution in [0.1, 0.15) is 17.4 Å². The van der Waals surface area contributed by atoms with E-state index >= 15 is 0 Å². The van der Waals surface area contributed by atoms with Crippen LogP contribution in [0.2, 0.25) is 4.34 Å². The smallest absolute Gasteiger partial charge is 0.236 e. The number of benzene rings is 1. The van der Waals surface area contributed by atoms with Gasteiger partial charge in [0.25, 0.3) is 0 Å². The van der Waals surface area contributed by atoms with Gasteiger partial charge >= 0.3 is 0 Å². The molecule has 0 N–H and O–H groups in total. The van der Waals surface area contributed by atoms with Gasteiger partial charge in [-0.25, -0.2) is 0 Å². The first-order chi connectivity index (χ1) is 11.9. The molecule has 6 heteroatoms. The molecule has 0 aliphatic carbocycles. The van der Waals surface area contributed by atoms with Crippen LogP contribution in [-0.4, -0.2) is 49.5 Å². The fourth-order valence-corrected chi connectivity index (χ4v) is 3.65. The summed E-state index contributed by atoms with van der Waals surface area (Å²) in [5, 5.41) is 0. The zero-order chi connectivity index (χ0) is 18.4. The van der Waals surface area contributed by atoms with E-state index in [0.29, 0.717) is 13.1 Å². The Morgan fingerprint density at radius 2 is 1.88 bits per heavy atom. The van der Waals surface area contributed by atoms with Crippen LogP contribution in [0.5, 0.6) is 5.75 Å². The quantitative estimate of drug-likeness (QED) is 0.695. The fourth-order valence-electron chi connectivity index (χ4n) is 2.51. The third kappa shape index (κ3) is 6.03. The molecule has 0 saturated carbocycles. The Bertz CT molecular complexity index is 687. The molecule has 1 amide bonds. The number of hydrogen-bond acceptors (Lipinski definition) is 4. The summed E-state index contributed by atoms with van der Waals surface area (Å²) in [4.78, 5) is 17.4. The van der Waals surface area contributed by atoms with E-state index in [9.17, 15) is 4.79 Å². The van der Waals surface area contributed by atoms with Gasteiger partial charge < -0.3 is 9.64 Å². The van der Waals surface area contributed by atoms with E-state index < -0.39 is 0 Å². The standard InChI is InChI=1S/C19H25ClN2O2S/c1-14(11-15-5-7-16(24-4)8-6-15)21(2)13-19(23)22(3)12-17-9-10-18(20)25-17/h5-10,14H,11-13H2,1-4H3. The highest BCUT2D eigenvalue weighted by atomic mass is 35.5. The van der Waals surface area contributed by atoms with Crippen molar-refractivity contribution in [2.75, 3.05) is 27.7 Å². The molecule has 4 nitrogen and oxygen atoms in total. The molecule has 1 heterocycles. The number of carbonyl (C=O) groups is 1. The Morgan fingerprint density at radius 1 is 1.20 bits per heavy atom. The van der Waals surface area contributed by atoms with Crippen LogP contribution in [0.25, 0.3) is 0 Å². The molecule has 1 unspecified atom stereocenters. The highest BCUT2D eigenvalue weighted by Gasteiger charge is 2.17. The molecule has 0 saturated heterocycles. The summed E-state index contributed by atoms with van der Waals surface area (Å²) in [5.41, 5.74) is 1.23. The van der Waals surface area contributed by atoms with Gasteiger partial charge in [-0.1, -0.05) is 23.7 Å². The summed E-state index contributed by atoms with van der Waals surface area (Å²) in [6, 6.07) is 12.2.